The summed E-state index contributed by atoms with van der Waals surface area (Å²) in [6.45, 7) is 4.44. The Morgan fingerprint density at radius 3 is 2.80 bits per heavy atom. The first-order chi connectivity index (χ1) is 7.09. The topological polar surface area (TPSA) is 43.1 Å². The minimum atomic E-state index is 0.213. The van der Waals surface area contributed by atoms with Crippen molar-refractivity contribution in [1.29, 1.82) is 0 Å². The Hall–Kier alpha value is -0.370. The van der Waals surface area contributed by atoms with Crippen LogP contribution in [0.1, 0.15) is 46.0 Å². The molecule has 5 atom stereocenters. The lowest BCUT2D eigenvalue weighted by Gasteiger charge is -2.45. The zero-order chi connectivity index (χ0) is 11.1. The highest BCUT2D eigenvalue weighted by Crippen LogP contribution is 2.56. The standard InChI is InChI=1S/C13H23NO/c1-9(8-15)10-5-6-11-12(14)4-3-7-13(10,11)2/h8-12H,3-7,14H2,1-2H3. The van der Waals surface area contributed by atoms with Gasteiger partial charge in [0.2, 0.25) is 0 Å². The molecule has 86 valence electrons. The molecule has 0 saturated heterocycles. The fraction of sp³-hybridized carbons (Fsp3) is 0.923. The van der Waals surface area contributed by atoms with E-state index in [4.69, 9.17) is 5.73 Å². The third-order valence-corrected chi connectivity index (χ3v) is 5.10. The molecule has 15 heavy (non-hydrogen) atoms. The van der Waals surface area contributed by atoms with Gasteiger partial charge in [0.05, 0.1) is 0 Å². The summed E-state index contributed by atoms with van der Waals surface area (Å²) in [5.74, 6) is 1.45. The molecule has 2 rings (SSSR count). The smallest absolute Gasteiger partial charge is 0.123 e. The molecule has 0 aromatic heterocycles. The number of nitrogens with two attached hydrogens (primary N) is 1. The van der Waals surface area contributed by atoms with Crippen molar-refractivity contribution in [2.24, 2.45) is 28.9 Å². The Bertz CT molecular complexity index is 253. The van der Waals surface area contributed by atoms with E-state index < -0.39 is 0 Å². The Kier molecular flexibility index (Phi) is 2.89. The van der Waals surface area contributed by atoms with Crippen LogP contribution in [-0.4, -0.2) is 12.3 Å². The lowest BCUT2D eigenvalue weighted by atomic mass is 9.61. The van der Waals surface area contributed by atoms with E-state index in [-0.39, 0.29) is 5.92 Å². The number of aldehydes is 1. The number of fused-ring (bicyclic) bond motifs is 1. The van der Waals surface area contributed by atoms with E-state index >= 15 is 0 Å². The summed E-state index contributed by atoms with van der Waals surface area (Å²) in [4.78, 5) is 11.0. The van der Waals surface area contributed by atoms with E-state index in [1.807, 2.05) is 0 Å². The van der Waals surface area contributed by atoms with E-state index in [9.17, 15) is 4.79 Å². The molecule has 2 fully saturated rings. The molecule has 0 aliphatic heterocycles. The average Bonchev–Trinajstić information content (AvgIpc) is 2.56. The van der Waals surface area contributed by atoms with Crippen molar-refractivity contribution in [3.05, 3.63) is 0 Å². The van der Waals surface area contributed by atoms with Crippen molar-refractivity contribution in [2.45, 2.75) is 52.0 Å². The third kappa shape index (κ3) is 1.63. The van der Waals surface area contributed by atoms with Crippen molar-refractivity contribution in [1.82, 2.24) is 0 Å². The van der Waals surface area contributed by atoms with Gasteiger partial charge < -0.3 is 10.5 Å². The van der Waals surface area contributed by atoms with Crippen LogP contribution in [0.25, 0.3) is 0 Å². The highest BCUT2D eigenvalue weighted by atomic mass is 16.1. The molecule has 0 aromatic carbocycles. The number of hydrogen-bond donors (Lipinski definition) is 1. The molecule has 2 aliphatic carbocycles. The molecule has 0 amide bonds. The monoisotopic (exact) mass is 209 g/mol. The second-order valence-corrected chi connectivity index (χ2v) is 5.85. The number of hydrogen-bond acceptors (Lipinski definition) is 2. The molecule has 0 bridgehead atoms. The first-order valence-corrected chi connectivity index (χ1v) is 6.30. The first kappa shape index (κ1) is 11.1. The molecule has 0 radical (unpaired) electrons. The van der Waals surface area contributed by atoms with Crippen molar-refractivity contribution in [3.63, 3.8) is 0 Å². The molecule has 2 aliphatic rings. The predicted molar refractivity (Wildman–Crippen MR) is 61.4 cm³/mol. The highest BCUT2D eigenvalue weighted by Gasteiger charge is 2.51. The Balaban J connectivity index is 2.20. The van der Waals surface area contributed by atoms with E-state index in [1.165, 1.54) is 32.1 Å². The lowest BCUT2D eigenvalue weighted by molar-refractivity contribution is -0.113. The van der Waals surface area contributed by atoms with Gasteiger partial charge in [0, 0.05) is 12.0 Å². The van der Waals surface area contributed by atoms with E-state index in [1.54, 1.807) is 0 Å². The summed E-state index contributed by atoms with van der Waals surface area (Å²) < 4.78 is 0. The molecule has 2 heteroatoms. The third-order valence-electron chi connectivity index (χ3n) is 5.10. The van der Waals surface area contributed by atoms with Crippen LogP contribution in [0.4, 0.5) is 0 Å². The van der Waals surface area contributed by atoms with Crippen LogP contribution in [-0.2, 0) is 4.79 Å². The number of carbonyl (C=O) groups is 1. The zero-order valence-corrected chi connectivity index (χ0v) is 9.91. The van der Waals surface area contributed by atoms with Crippen LogP contribution < -0.4 is 5.73 Å². The summed E-state index contributed by atoms with van der Waals surface area (Å²) in [5.41, 5.74) is 6.57. The molecular formula is C13H23NO. The van der Waals surface area contributed by atoms with Crippen LogP contribution in [0.15, 0.2) is 0 Å². The largest absolute Gasteiger partial charge is 0.327 e. The van der Waals surface area contributed by atoms with Gasteiger partial charge >= 0.3 is 0 Å². The van der Waals surface area contributed by atoms with Gasteiger partial charge in [-0.25, -0.2) is 0 Å². The van der Waals surface area contributed by atoms with Crippen molar-refractivity contribution in [2.75, 3.05) is 0 Å². The number of carbonyl (C=O) groups excluding carboxylic acids is 1. The van der Waals surface area contributed by atoms with Gasteiger partial charge in [-0.05, 0) is 42.9 Å². The lowest BCUT2D eigenvalue weighted by Crippen LogP contribution is -2.45. The van der Waals surface area contributed by atoms with Gasteiger partial charge in [0.1, 0.15) is 6.29 Å². The van der Waals surface area contributed by atoms with E-state index in [0.29, 0.717) is 23.3 Å². The van der Waals surface area contributed by atoms with Crippen LogP contribution >= 0.6 is 0 Å². The highest BCUT2D eigenvalue weighted by molar-refractivity contribution is 5.53. The van der Waals surface area contributed by atoms with Gasteiger partial charge in [0.15, 0.2) is 0 Å². The molecule has 0 spiro atoms. The fourth-order valence-corrected chi connectivity index (χ4v) is 4.25. The van der Waals surface area contributed by atoms with Crippen LogP contribution in [0.5, 0.6) is 0 Å². The molecule has 2 nitrogen and oxygen atoms in total. The Morgan fingerprint density at radius 1 is 1.40 bits per heavy atom. The van der Waals surface area contributed by atoms with Gasteiger partial charge in [-0.2, -0.15) is 0 Å². The second-order valence-electron chi connectivity index (χ2n) is 5.85. The number of rotatable bonds is 2. The van der Waals surface area contributed by atoms with Gasteiger partial charge in [0.25, 0.3) is 0 Å². The van der Waals surface area contributed by atoms with Gasteiger partial charge in [-0.15, -0.1) is 0 Å². The molecule has 0 heterocycles. The predicted octanol–water partition coefficient (Wildman–Crippen LogP) is 2.37. The quantitative estimate of drug-likeness (QED) is 0.709. The minimum Gasteiger partial charge on any atom is -0.327 e. The Morgan fingerprint density at radius 2 is 2.13 bits per heavy atom. The van der Waals surface area contributed by atoms with E-state index in [0.717, 1.165) is 6.29 Å². The molecule has 2 saturated carbocycles. The van der Waals surface area contributed by atoms with Crippen molar-refractivity contribution in [3.8, 4) is 0 Å². The maximum absolute atomic E-state index is 11.0. The fourth-order valence-electron chi connectivity index (χ4n) is 4.25. The summed E-state index contributed by atoms with van der Waals surface area (Å²) in [5, 5.41) is 0. The minimum absolute atomic E-state index is 0.213. The van der Waals surface area contributed by atoms with Crippen molar-refractivity contribution >= 4 is 6.29 Å². The van der Waals surface area contributed by atoms with E-state index in [2.05, 4.69) is 13.8 Å². The van der Waals surface area contributed by atoms with Gasteiger partial charge in [-0.3, -0.25) is 0 Å². The average molecular weight is 209 g/mol. The molecule has 2 N–H and O–H groups in total. The first-order valence-electron chi connectivity index (χ1n) is 6.30. The van der Waals surface area contributed by atoms with Crippen LogP contribution in [0.2, 0.25) is 0 Å². The normalized spacial score (nSPS) is 47.3. The summed E-state index contributed by atoms with van der Waals surface area (Å²) in [6.07, 6.45) is 7.28. The van der Waals surface area contributed by atoms with Gasteiger partial charge in [-0.1, -0.05) is 20.3 Å². The van der Waals surface area contributed by atoms with Crippen molar-refractivity contribution < 1.29 is 4.79 Å². The zero-order valence-electron chi connectivity index (χ0n) is 9.91. The molecular weight excluding hydrogens is 186 g/mol. The SMILES string of the molecule is CC(C=O)C1CCC2C(N)CCCC12C. The summed E-state index contributed by atoms with van der Waals surface area (Å²) >= 11 is 0. The summed E-state index contributed by atoms with van der Waals surface area (Å²) in [7, 11) is 0. The second kappa shape index (κ2) is 3.89. The van der Waals surface area contributed by atoms with Crippen LogP contribution in [0, 0.1) is 23.2 Å². The molecule has 5 unspecified atom stereocenters. The van der Waals surface area contributed by atoms with Crippen LogP contribution in [0.3, 0.4) is 0 Å². The summed E-state index contributed by atoms with van der Waals surface area (Å²) in [6, 6.07) is 0.382. The molecule has 0 aromatic rings. The maximum atomic E-state index is 11.0. The maximum Gasteiger partial charge on any atom is 0.123 e. The Labute approximate surface area is 92.6 Å².